The van der Waals surface area contributed by atoms with Crippen LogP contribution < -0.4 is 0 Å². The zero-order chi connectivity index (χ0) is 28.3. The van der Waals surface area contributed by atoms with E-state index in [0.29, 0.717) is 6.07 Å². The Bertz CT molecular complexity index is 1350. The van der Waals surface area contributed by atoms with Crippen molar-refractivity contribution in [2.45, 2.75) is 82.4 Å². The average molecular weight is 551 g/mol. The minimum Gasteiger partial charge on any atom is -0.479 e. The number of rotatable bonds is 3. The molecule has 5 aliphatic rings. The number of aliphatic hydroxyl groups excluding tert-OH is 1. The topological polar surface area (TPSA) is 93.1 Å². The molecule has 4 fully saturated rings. The van der Waals surface area contributed by atoms with Crippen molar-refractivity contribution in [2.24, 2.45) is 22.2 Å². The second-order valence-electron chi connectivity index (χ2n) is 12.1. The summed E-state index contributed by atoms with van der Waals surface area (Å²) in [4.78, 5) is 25.2. The fourth-order valence-electron chi connectivity index (χ4n) is 9.17. The van der Waals surface area contributed by atoms with Crippen molar-refractivity contribution in [3.05, 3.63) is 59.2 Å². The summed E-state index contributed by atoms with van der Waals surface area (Å²) in [5.41, 5.74) is -9.43. The van der Waals surface area contributed by atoms with Gasteiger partial charge in [0.25, 0.3) is 0 Å². The zero-order valence-corrected chi connectivity index (χ0v) is 21.7. The number of aliphatic hydroxyl groups is 1. The van der Waals surface area contributed by atoms with Crippen LogP contribution >= 0.6 is 0 Å². The summed E-state index contributed by atoms with van der Waals surface area (Å²) in [6.07, 6.45) is -3.19. The molecule has 0 bridgehead atoms. The van der Waals surface area contributed by atoms with Crippen molar-refractivity contribution in [3.8, 4) is 0 Å². The average Bonchev–Trinajstić information content (AvgIpc) is 3.36. The van der Waals surface area contributed by atoms with Crippen molar-refractivity contribution < 1.29 is 46.8 Å². The Balaban J connectivity index is 1.50. The lowest BCUT2D eigenvalue weighted by Gasteiger charge is -2.68. The summed E-state index contributed by atoms with van der Waals surface area (Å²) in [6, 6.07) is 2.75. The van der Waals surface area contributed by atoms with E-state index >= 15 is 8.78 Å². The Labute approximate surface area is 222 Å². The van der Waals surface area contributed by atoms with E-state index in [4.69, 9.17) is 9.47 Å². The van der Waals surface area contributed by atoms with Gasteiger partial charge >= 0.3 is 5.97 Å². The van der Waals surface area contributed by atoms with Crippen molar-refractivity contribution in [2.75, 3.05) is 0 Å². The molecule has 210 valence electrons. The van der Waals surface area contributed by atoms with Crippen molar-refractivity contribution in [1.82, 2.24) is 0 Å². The van der Waals surface area contributed by atoms with Gasteiger partial charge < -0.3 is 19.7 Å². The van der Waals surface area contributed by atoms with Crippen LogP contribution in [0, 0.1) is 33.8 Å². The third-order valence-corrected chi connectivity index (χ3v) is 10.8. The first-order chi connectivity index (χ1) is 18.2. The maximum Gasteiger partial charge on any atom is 0.339 e. The van der Waals surface area contributed by atoms with E-state index in [0.717, 1.165) is 18.2 Å². The normalized spacial score (nSPS) is 48.2. The van der Waals surface area contributed by atoms with Gasteiger partial charge in [-0.3, -0.25) is 4.79 Å². The second kappa shape index (κ2) is 8.01. The molecular formula is C29H30F4O6. The molecule has 1 saturated heterocycles. The van der Waals surface area contributed by atoms with Crippen LogP contribution in [0.15, 0.2) is 42.0 Å². The zero-order valence-electron chi connectivity index (χ0n) is 21.7. The standard InChI is InChI=1S/C29H30F4O6/c1-4-27-12-19(32)17-10-15(34)7-8-25(17,2)29(27,33)21(35)13-26(3)20(27)11-22-28(26,24(36)37)39-23(38-22)16-6-5-14(30)9-18(16)31/h5-10,19-23,35H,4,11-13H2,1-3H3,(H,36,37)/t19-,20+,21-,22+,23?,25-,26-,27-,28-,29-/m0/s1. The summed E-state index contributed by atoms with van der Waals surface area (Å²) in [5, 5.41) is 22.3. The predicted octanol–water partition coefficient (Wildman–Crippen LogP) is 4.91. The van der Waals surface area contributed by atoms with Gasteiger partial charge in [0.15, 0.2) is 23.3 Å². The number of carboxylic acid groups (broad SMARTS) is 1. The fourth-order valence-corrected chi connectivity index (χ4v) is 9.17. The molecular weight excluding hydrogens is 520 g/mol. The van der Waals surface area contributed by atoms with E-state index in [9.17, 15) is 28.6 Å². The van der Waals surface area contributed by atoms with E-state index in [-0.39, 0.29) is 36.8 Å². The van der Waals surface area contributed by atoms with Gasteiger partial charge in [-0.2, -0.15) is 0 Å². The lowest BCUT2D eigenvalue weighted by molar-refractivity contribution is -0.278. The smallest absolute Gasteiger partial charge is 0.339 e. The minimum absolute atomic E-state index is 0.0327. The van der Waals surface area contributed by atoms with Gasteiger partial charge in [0, 0.05) is 27.9 Å². The molecule has 6 rings (SSSR count). The number of ketones is 1. The molecule has 1 aromatic carbocycles. The van der Waals surface area contributed by atoms with E-state index in [1.807, 2.05) is 0 Å². The highest BCUT2D eigenvalue weighted by atomic mass is 19.2. The van der Waals surface area contributed by atoms with Gasteiger partial charge in [0.1, 0.15) is 23.9 Å². The number of hydrogen-bond donors (Lipinski definition) is 2. The Morgan fingerprint density at radius 2 is 1.92 bits per heavy atom. The molecule has 0 radical (unpaired) electrons. The molecule has 4 aliphatic carbocycles. The lowest BCUT2D eigenvalue weighted by atomic mass is 9.37. The number of benzene rings is 1. The maximum absolute atomic E-state index is 17.9. The van der Waals surface area contributed by atoms with Gasteiger partial charge in [-0.15, -0.1) is 0 Å². The summed E-state index contributed by atoms with van der Waals surface area (Å²) in [6.45, 7) is 4.75. The van der Waals surface area contributed by atoms with E-state index < -0.39 is 81.5 Å². The van der Waals surface area contributed by atoms with Crippen LogP contribution in [0.25, 0.3) is 0 Å². The highest BCUT2D eigenvalue weighted by molar-refractivity contribution is 6.01. The van der Waals surface area contributed by atoms with Crippen molar-refractivity contribution in [1.29, 1.82) is 0 Å². The van der Waals surface area contributed by atoms with Crippen LogP contribution in [-0.2, 0) is 19.1 Å². The third-order valence-electron chi connectivity index (χ3n) is 10.8. The van der Waals surface area contributed by atoms with Gasteiger partial charge in [-0.05, 0) is 68.4 Å². The molecule has 10 atom stereocenters. The first-order valence-corrected chi connectivity index (χ1v) is 13.2. The van der Waals surface area contributed by atoms with Crippen LogP contribution in [0.4, 0.5) is 17.6 Å². The molecule has 10 heteroatoms. The largest absolute Gasteiger partial charge is 0.479 e. The molecule has 1 aromatic rings. The highest BCUT2D eigenvalue weighted by Gasteiger charge is 2.84. The molecule has 0 amide bonds. The summed E-state index contributed by atoms with van der Waals surface area (Å²) >= 11 is 0. The van der Waals surface area contributed by atoms with Gasteiger partial charge in [0.2, 0.25) is 0 Å². The number of carboxylic acids is 1. The maximum atomic E-state index is 17.9. The van der Waals surface area contributed by atoms with Gasteiger partial charge in [-0.25, -0.2) is 22.4 Å². The predicted molar refractivity (Wildman–Crippen MR) is 129 cm³/mol. The van der Waals surface area contributed by atoms with Crippen LogP contribution in [-0.4, -0.2) is 51.6 Å². The highest BCUT2D eigenvalue weighted by Crippen LogP contribution is 2.77. The number of allylic oxidation sites excluding steroid dienone is 4. The van der Waals surface area contributed by atoms with Gasteiger partial charge in [-0.1, -0.05) is 19.9 Å². The SMILES string of the molecule is CC[C@@]12C[C@H](F)C3=CC(=O)C=C[C@]3(C)[C@@]1(F)[C@@H](O)C[C@@]1(C)[C@H]2C[C@H]2OC(c3ccc(F)cc3F)O[C@]21C(=O)O. The molecule has 6 nitrogen and oxygen atoms in total. The molecule has 3 saturated carbocycles. The minimum atomic E-state index is -2.44. The lowest BCUT2D eigenvalue weighted by Crippen LogP contribution is -2.75. The summed E-state index contributed by atoms with van der Waals surface area (Å²) in [7, 11) is 0. The number of carbonyl (C=O) groups is 2. The Kier molecular flexibility index (Phi) is 5.47. The van der Waals surface area contributed by atoms with Gasteiger partial charge in [0.05, 0.1) is 6.10 Å². The monoisotopic (exact) mass is 550 g/mol. The Hall–Kier alpha value is -2.56. The molecule has 1 aliphatic heterocycles. The van der Waals surface area contributed by atoms with Crippen LogP contribution in [0.3, 0.4) is 0 Å². The molecule has 0 aromatic heterocycles. The Morgan fingerprint density at radius 1 is 1.21 bits per heavy atom. The second-order valence-corrected chi connectivity index (χ2v) is 12.1. The van der Waals surface area contributed by atoms with Crippen molar-refractivity contribution >= 4 is 11.8 Å². The molecule has 0 spiro atoms. The number of alkyl halides is 2. The number of hydrogen-bond acceptors (Lipinski definition) is 5. The summed E-state index contributed by atoms with van der Waals surface area (Å²) in [5.74, 6) is -4.50. The number of ether oxygens (including phenoxy) is 2. The number of carbonyl (C=O) groups excluding carboxylic acids is 1. The quantitative estimate of drug-likeness (QED) is 0.520. The van der Waals surface area contributed by atoms with E-state index in [1.165, 1.54) is 19.1 Å². The Morgan fingerprint density at radius 3 is 2.56 bits per heavy atom. The van der Waals surface area contributed by atoms with E-state index in [1.54, 1.807) is 13.8 Å². The fraction of sp³-hybridized carbons (Fsp3) is 0.586. The van der Waals surface area contributed by atoms with Crippen molar-refractivity contribution in [3.63, 3.8) is 0 Å². The first kappa shape index (κ1) is 26.7. The third kappa shape index (κ3) is 2.87. The van der Waals surface area contributed by atoms with Crippen LogP contribution in [0.5, 0.6) is 0 Å². The number of halogens is 4. The van der Waals surface area contributed by atoms with Crippen LogP contribution in [0.1, 0.15) is 58.3 Å². The van der Waals surface area contributed by atoms with Crippen LogP contribution in [0.2, 0.25) is 0 Å². The molecule has 39 heavy (non-hydrogen) atoms. The van der Waals surface area contributed by atoms with E-state index in [2.05, 4.69) is 0 Å². The molecule has 1 unspecified atom stereocenters. The number of fused-ring (bicyclic) bond motifs is 7. The summed E-state index contributed by atoms with van der Waals surface area (Å²) < 4.78 is 74.1. The first-order valence-electron chi connectivity index (χ1n) is 13.2. The number of aliphatic carboxylic acids is 1. The molecule has 2 N–H and O–H groups in total. The molecule has 1 heterocycles.